The van der Waals surface area contributed by atoms with Crippen molar-refractivity contribution in [3.63, 3.8) is 0 Å². The fourth-order valence-corrected chi connectivity index (χ4v) is 2.12. The quantitative estimate of drug-likeness (QED) is 0.493. The average molecular weight is 328 g/mol. The lowest BCUT2D eigenvalue weighted by molar-refractivity contribution is 0.230. The Kier molecular flexibility index (Phi) is 4.06. The standard InChI is InChI=1S/C14H8F8/c1-3-7(15)11(19)5(12(20)8(3)16)6-13(21)9(17)4(2)10(18)14(6)22/h7,11H,1-2H3. The Morgan fingerprint density at radius 2 is 1.09 bits per heavy atom. The van der Waals surface area contributed by atoms with Crippen LogP contribution in [0, 0.1) is 30.2 Å². The highest BCUT2D eigenvalue weighted by molar-refractivity contribution is 5.77. The molecule has 2 rings (SSSR count). The molecule has 2 atom stereocenters. The largest absolute Gasteiger partial charge is 0.239 e. The van der Waals surface area contributed by atoms with Gasteiger partial charge in [-0.1, -0.05) is 0 Å². The third-order valence-electron chi connectivity index (χ3n) is 3.47. The van der Waals surface area contributed by atoms with Crippen LogP contribution < -0.4 is 0 Å². The van der Waals surface area contributed by atoms with Crippen LogP contribution in [0.1, 0.15) is 18.1 Å². The van der Waals surface area contributed by atoms with E-state index < -0.39 is 69.5 Å². The van der Waals surface area contributed by atoms with E-state index in [1.165, 1.54) is 0 Å². The molecule has 0 aromatic heterocycles. The minimum absolute atomic E-state index is 0.696. The second-order valence-corrected chi connectivity index (χ2v) is 4.78. The molecule has 0 amide bonds. The van der Waals surface area contributed by atoms with E-state index in [-0.39, 0.29) is 0 Å². The second kappa shape index (κ2) is 5.40. The van der Waals surface area contributed by atoms with Gasteiger partial charge in [0.2, 0.25) is 0 Å². The summed E-state index contributed by atoms with van der Waals surface area (Å²) in [5.74, 6) is -12.0. The molecule has 0 heterocycles. The molecule has 1 aromatic rings. The molecular formula is C14H8F8. The lowest BCUT2D eigenvalue weighted by Crippen LogP contribution is -2.27. The van der Waals surface area contributed by atoms with E-state index in [2.05, 4.69) is 0 Å². The van der Waals surface area contributed by atoms with Gasteiger partial charge in [0.25, 0.3) is 0 Å². The van der Waals surface area contributed by atoms with Crippen LogP contribution in [0.15, 0.2) is 17.2 Å². The molecule has 22 heavy (non-hydrogen) atoms. The molecule has 0 radical (unpaired) electrons. The van der Waals surface area contributed by atoms with Gasteiger partial charge in [-0.25, -0.2) is 35.1 Å². The van der Waals surface area contributed by atoms with E-state index in [1.54, 1.807) is 0 Å². The predicted molar refractivity (Wildman–Crippen MR) is 62.6 cm³/mol. The van der Waals surface area contributed by atoms with Crippen molar-refractivity contribution in [2.24, 2.45) is 0 Å². The van der Waals surface area contributed by atoms with E-state index in [0.29, 0.717) is 6.92 Å². The number of rotatable bonds is 1. The lowest BCUT2D eigenvalue weighted by atomic mass is 9.88. The summed E-state index contributed by atoms with van der Waals surface area (Å²) in [5, 5.41) is 0. The minimum Gasteiger partial charge on any atom is -0.239 e. The summed E-state index contributed by atoms with van der Waals surface area (Å²) in [6.07, 6.45) is -5.74. The van der Waals surface area contributed by atoms with Crippen LogP contribution in [0.5, 0.6) is 0 Å². The first-order chi connectivity index (χ1) is 10.1. The number of hydrogen-bond acceptors (Lipinski definition) is 0. The highest BCUT2D eigenvalue weighted by atomic mass is 19.2. The molecule has 1 aliphatic rings. The summed E-state index contributed by atoms with van der Waals surface area (Å²) >= 11 is 0. The minimum atomic E-state index is -3.01. The molecule has 0 N–H and O–H groups in total. The second-order valence-electron chi connectivity index (χ2n) is 4.78. The van der Waals surface area contributed by atoms with Gasteiger partial charge in [0.15, 0.2) is 47.3 Å². The van der Waals surface area contributed by atoms with Crippen molar-refractivity contribution < 1.29 is 35.1 Å². The van der Waals surface area contributed by atoms with Crippen LogP contribution in [-0.4, -0.2) is 12.3 Å². The molecular weight excluding hydrogens is 320 g/mol. The molecule has 2 unspecified atom stereocenters. The zero-order valence-electron chi connectivity index (χ0n) is 11.2. The predicted octanol–water partition coefficient (Wildman–Crippen LogP) is 5.17. The van der Waals surface area contributed by atoms with Gasteiger partial charge in [0.05, 0.1) is 5.56 Å². The van der Waals surface area contributed by atoms with Gasteiger partial charge in [0.1, 0.15) is 0 Å². The fraction of sp³-hybridized carbons (Fsp3) is 0.286. The summed E-state index contributed by atoms with van der Waals surface area (Å²) in [5.41, 5.74) is -5.54. The zero-order valence-corrected chi connectivity index (χ0v) is 11.2. The molecule has 0 saturated heterocycles. The van der Waals surface area contributed by atoms with Crippen molar-refractivity contribution in [2.45, 2.75) is 26.2 Å². The Balaban J connectivity index is 2.87. The van der Waals surface area contributed by atoms with Crippen LogP contribution in [0.25, 0.3) is 5.57 Å². The normalized spacial score (nSPS) is 22.6. The molecule has 0 bridgehead atoms. The van der Waals surface area contributed by atoms with Crippen LogP contribution >= 0.6 is 0 Å². The van der Waals surface area contributed by atoms with Crippen molar-refractivity contribution in [1.29, 1.82) is 0 Å². The smallest absolute Gasteiger partial charge is 0.169 e. The summed E-state index contributed by atoms with van der Waals surface area (Å²) in [6, 6.07) is 0. The topological polar surface area (TPSA) is 0 Å². The summed E-state index contributed by atoms with van der Waals surface area (Å²) in [7, 11) is 0. The zero-order chi connectivity index (χ0) is 16.9. The molecule has 1 aromatic carbocycles. The van der Waals surface area contributed by atoms with E-state index >= 15 is 0 Å². The van der Waals surface area contributed by atoms with Gasteiger partial charge in [0, 0.05) is 16.7 Å². The summed E-state index contributed by atoms with van der Waals surface area (Å²) in [6.45, 7) is 1.44. The number of benzene rings is 1. The van der Waals surface area contributed by atoms with E-state index in [1.807, 2.05) is 0 Å². The first-order valence-corrected chi connectivity index (χ1v) is 5.98. The summed E-state index contributed by atoms with van der Waals surface area (Å²) < 4.78 is 109. The molecule has 0 fully saturated rings. The first kappa shape index (κ1) is 16.5. The lowest BCUT2D eigenvalue weighted by Gasteiger charge is -2.24. The van der Waals surface area contributed by atoms with Gasteiger partial charge < -0.3 is 0 Å². The van der Waals surface area contributed by atoms with Gasteiger partial charge in [-0.2, -0.15) is 0 Å². The van der Waals surface area contributed by atoms with Crippen molar-refractivity contribution >= 4 is 5.57 Å². The van der Waals surface area contributed by atoms with Crippen molar-refractivity contribution in [2.75, 3.05) is 0 Å². The Labute approximate surface area is 119 Å². The first-order valence-electron chi connectivity index (χ1n) is 5.98. The van der Waals surface area contributed by atoms with Crippen molar-refractivity contribution in [3.8, 4) is 0 Å². The SMILES string of the molecule is CC1=C(F)C(F)=C(c2c(F)c(F)c(C)c(F)c2F)C(F)C1F. The molecule has 1 aliphatic carbocycles. The number of alkyl halides is 2. The highest BCUT2D eigenvalue weighted by Crippen LogP contribution is 2.43. The van der Waals surface area contributed by atoms with Crippen LogP contribution in [0.4, 0.5) is 35.1 Å². The van der Waals surface area contributed by atoms with Gasteiger partial charge >= 0.3 is 0 Å². The molecule has 0 aliphatic heterocycles. The summed E-state index contributed by atoms with van der Waals surface area (Å²) in [4.78, 5) is 0. The third kappa shape index (κ3) is 2.12. The maximum absolute atomic E-state index is 13.9. The van der Waals surface area contributed by atoms with Gasteiger partial charge in [-0.15, -0.1) is 0 Å². The Bertz CT molecular complexity index is 687. The maximum Gasteiger partial charge on any atom is 0.169 e. The van der Waals surface area contributed by atoms with Gasteiger partial charge in [-0.3, -0.25) is 0 Å². The average Bonchev–Trinajstić information content (AvgIpc) is 2.50. The van der Waals surface area contributed by atoms with E-state index in [0.717, 1.165) is 6.92 Å². The van der Waals surface area contributed by atoms with E-state index in [9.17, 15) is 35.1 Å². The van der Waals surface area contributed by atoms with Crippen LogP contribution in [0.2, 0.25) is 0 Å². The number of allylic oxidation sites excluding steroid dienone is 4. The monoisotopic (exact) mass is 328 g/mol. The third-order valence-corrected chi connectivity index (χ3v) is 3.47. The fourth-order valence-electron chi connectivity index (χ4n) is 2.12. The molecule has 120 valence electrons. The Hall–Kier alpha value is -1.86. The molecule has 0 spiro atoms. The Morgan fingerprint density at radius 1 is 0.636 bits per heavy atom. The maximum atomic E-state index is 13.9. The highest BCUT2D eigenvalue weighted by Gasteiger charge is 2.41. The Morgan fingerprint density at radius 3 is 1.55 bits per heavy atom. The number of halogens is 8. The molecule has 8 heteroatoms. The van der Waals surface area contributed by atoms with Crippen molar-refractivity contribution in [3.05, 3.63) is 51.6 Å². The van der Waals surface area contributed by atoms with Crippen LogP contribution in [0.3, 0.4) is 0 Å². The molecule has 0 nitrogen and oxygen atoms in total. The number of hydrogen-bond donors (Lipinski definition) is 0. The van der Waals surface area contributed by atoms with Gasteiger partial charge in [-0.05, 0) is 13.8 Å². The van der Waals surface area contributed by atoms with Crippen LogP contribution in [-0.2, 0) is 0 Å². The van der Waals surface area contributed by atoms with Crippen molar-refractivity contribution in [1.82, 2.24) is 0 Å². The molecule has 0 saturated carbocycles. The van der Waals surface area contributed by atoms with E-state index in [4.69, 9.17) is 0 Å².